The van der Waals surface area contributed by atoms with Crippen LogP contribution in [0.25, 0.3) is 10.8 Å². The molecule has 1 aromatic heterocycles. The van der Waals surface area contributed by atoms with Gasteiger partial charge in [0.1, 0.15) is 34.8 Å². The summed E-state index contributed by atoms with van der Waals surface area (Å²) in [5.74, 6) is 3.13. The molecular formula is C30H19N7O2. The van der Waals surface area contributed by atoms with E-state index in [-0.39, 0.29) is 11.5 Å². The fourth-order valence-electron chi connectivity index (χ4n) is 5.15. The second kappa shape index (κ2) is 7.90. The molecule has 4 heterocycles. The molecule has 0 unspecified atom stereocenters. The Morgan fingerprint density at radius 2 is 0.923 bits per heavy atom. The number of aromatic amines is 1. The van der Waals surface area contributed by atoms with Crippen molar-refractivity contribution >= 4 is 57.1 Å². The zero-order valence-electron chi connectivity index (χ0n) is 20.3. The molecule has 3 aliphatic heterocycles. The Kier molecular flexibility index (Phi) is 4.33. The van der Waals surface area contributed by atoms with Crippen molar-refractivity contribution in [2.75, 3.05) is 10.6 Å². The van der Waals surface area contributed by atoms with Gasteiger partial charge in [-0.05, 0) is 6.07 Å². The minimum absolute atomic E-state index is 0.124. The van der Waals surface area contributed by atoms with E-state index in [0.29, 0.717) is 46.4 Å². The number of fused-ring (bicyclic) bond motifs is 15. The largest absolute Gasteiger partial charge is 0.506 e. The number of anilines is 2. The van der Waals surface area contributed by atoms with Crippen molar-refractivity contribution in [2.24, 2.45) is 20.0 Å². The highest BCUT2D eigenvalue weighted by Gasteiger charge is 2.26. The first-order chi connectivity index (χ1) is 19.1. The third kappa shape index (κ3) is 3.27. The molecule has 0 spiro atoms. The molecule has 0 radical (unpaired) electrons. The van der Waals surface area contributed by atoms with Crippen LogP contribution in [0.3, 0.4) is 0 Å². The van der Waals surface area contributed by atoms with E-state index >= 15 is 0 Å². The lowest BCUT2D eigenvalue weighted by molar-refractivity contribution is 0.454. The lowest BCUT2D eigenvalue weighted by Crippen LogP contribution is -2.14. The Bertz CT molecular complexity index is 1860. The molecular weight excluding hydrogens is 490 g/mol. The standard InChI is InChI=1S/C30H19N7O2/c38-23-14-24(39)22-13-21(23)31-25-15-7-1-3-9-17(15)27(33-25)35-29-19-11-5-6-12-20(19)30(37-29)36-28-18-10-4-2-8-16(18)26(32-22)34-28/h1-14,37-39H,(H,31,33,35)(H,32,34,36). The summed E-state index contributed by atoms with van der Waals surface area (Å²) >= 11 is 0. The molecule has 0 amide bonds. The van der Waals surface area contributed by atoms with Crippen LogP contribution in [0, 0.1) is 0 Å². The number of aromatic hydroxyl groups is 2. The van der Waals surface area contributed by atoms with Crippen molar-refractivity contribution < 1.29 is 10.2 Å². The summed E-state index contributed by atoms with van der Waals surface area (Å²) in [6, 6.07) is 26.4. The van der Waals surface area contributed by atoms with Gasteiger partial charge in [0.15, 0.2) is 11.7 Å². The number of nitrogens with zero attached hydrogens (tertiary/aromatic N) is 4. The number of amidine groups is 4. The number of hydrogen-bond donors (Lipinski definition) is 5. The van der Waals surface area contributed by atoms with Crippen molar-refractivity contribution in [3.63, 3.8) is 0 Å². The predicted molar refractivity (Wildman–Crippen MR) is 154 cm³/mol. The maximum atomic E-state index is 10.7. The Labute approximate surface area is 221 Å². The van der Waals surface area contributed by atoms with Crippen LogP contribution in [0.15, 0.2) is 105 Å². The number of hydrogen-bond acceptors (Lipinski definition) is 8. The molecule has 3 aliphatic rings. The minimum atomic E-state index is -0.124. The summed E-state index contributed by atoms with van der Waals surface area (Å²) in [7, 11) is 0. The normalized spacial score (nSPS) is 14.9. The van der Waals surface area contributed by atoms with Gasteiger partial charge in [-0.25, -0.2) is 20.0 Å². The molecule has 39 heavy (non-hydrogen) atoms. The molecule has 5 N–H and O–H groups in total. The van der Waals surface area contributed by atoms with Crippen LogP contribution in [-0.4, -0.2) is 38.5 Å². The highest BCUT2D eigenvalue weighted by Crippen LogP contribution is 2.39. The van der Waals surface area contributed by atoms with Crippen LogP contribution in [0.5, 0.6) is 11.5 Å². The Balaban J connectivity index is 1.43. The van der Waals surface area contributed by atoms with Crippen LogP contribution in [0.4, 0.5) is 23.0 Å². The van der Waals surface area contributed by atoms with Gasteiger partial charge in [-0.1, -0.05) is 72.8 Å². The zero-order chi connectivity index (χ0) is 26.1. The highest BCUT2D eigenvalue weighted by atomic mass is 16.3. The van der Waals surface area contributed by atoms with Crippen LogP contribution in [-0.2, 0) is 0 Å². The van der Waals surface area contributed by atoms with Crippen molar-refractivity contribution in [1.29, 1.82) is 0 Å². The molecule has 0 saturated carbocycles. The lowest BCUT2D eigenvalue weighted by Gasteiger charge is -2.14. The zero-order valence-corrected chi connectivity index (χ0v) is 20.3. The van der Waals surface area contributed by atoms with E-state index < -0.39 is 0 Å². The van der Waals surface area contributed by atoms with Gasteiger partial charge in [-0.2, -0.15) is 0 Å². The average Bonchev–Trinajstić information content (AvgIpc) is 3.60. The Morgan fingerprint density at radius 3 is 1.41 bits per heavy atom. The second-order valence-electron chi connectivity index (χ2n) is 9.39. The van der Waals surface area contributed by atoms with E-state index in [9.17, 15) is 10.2 Å². The molecule has 0 saturated heterocycles. The van der Waals surface area contributed by atoms with E-state index in [0.717, 1.165) is 33.0 Å². The van der Waals surface area contributed by atoms with Crippen LogP contribution >= 0.6 is 0 Å². The van der Waals surface area contributed by atoms with E-state index in [1.165, 1.54) is 6.07 Å². The molecule has 8 bridgehead atoms. The number of rotatable bonds is 0. The van der Waals surface area contributed by atoms with Crippen LogP contribution < -0.4 is 10.6 Å². The number of benzene rings is 4. The highest BCUT2D eigenvalue weighted by molar-refractivity contribution is 6.28. The topological polar surface area (TPSA) is 130 Å². The van der Waals surface area contributed by atoms with Crippen molar-refractivity contribution in [2.45, 2.75) is 0 Å². The number of nitrogens with one attached hydrogen (secondary N) is 3. The monoisotopic (exact) mass is 509 g/mol. The number of phenols is 2. The fraction of sp³-hybridized carbons (Fsp3) is 0. The van der Waals surface area contributed by atoms with Crippen molar-refractivity contribution in [3.05, 3.63) is 107 Å². The van der Waals surface area contributed by atoms with Gasteiger partial charge in [0, 0.05) is 39.1 Å². The first kappa shape index (κ1) is 21.4. The lowest BCUT2D eigenvalue weighted by atomic mass is 10.1. The fourth-order valence-corrected chi connectivity index (χ4v) is 5.15. The molecule has 186 valence electrons. The van der Waals surface area contributed by atoms with E-state index in [4.69, 9.17) is 20.0 Å². The molecule has 9 nitrogen and oxygen atoms in total. The van der Waals surface area contributed by atoms with Gasteiger partial charge in [0.2, 0.25) is 0 Å². The molecule has 5 aromatic rings. The number of phenolic OH excluding ortho intramolecular Hbond substituents is 2. The molecule has 4 aromatic carbocycles. The van der Waals surface area contributed by atoms with Gasteiger partial charge in [0.05, 0.1) is 11.4 Å². The smallest absolute Gasteiger partial charge is 0.164 e. The van der Waals surface area contributed by atoms with Crippen molar-refractivity contribution in [1.82, 2.24) is 4.98 Å². The van der Waals surface area contributed by atoms with Gasteiger partial charge >= 0.3 is 0 Å². The van der Waals surface area contributed by atoms with E-state index in [1.807, 2.05) is 72.8 Å². The Morgan fingerprint density at radius 1 is 0.487 bits per heavy atom. The van der Waals surface area contributed by atoms with Gasteiger partial charge in [-0.15, -0.1) is 0 Å². The van der Waals surface area contributed by atoms with E-state index in [1.54, 1.807) is 6.07 Å². The number of aliphatic imine (C=N–C) groups is 4. The average molecular weight is 510 g/mol. The SMILES string of the molecule is Oc1cc(O)c2cc1NC1=NC(=Nc3[nH]c(c4ccccc34)N=C3N=C(N2)c2ccccc23)c2ccccc21. The van der Waals surface area contributed by atoms with Crippen molar-refractivity contribution in [3.8, 4) is 11.5 Å². The number of aromatic nitrogens is 1. The predicted octanol–water partition coefficient (Wildman–Crippen LogP) is 5.79. The summed E-state index contributed by atoms with van der Waals surface area (Å²) in [6.07, 6.45) is 0. The first-order valence-electron chi connectivity index (χ1n) is 12.4. The van der Waals surface area contributed by atoms with Gasteiger partial charge in [-0.3, -0.25) is 0 Å². The molecule has 0 aliphatic carbocycles. The summed E-state index contributed by atoms with van der Waals surface area (Å²) < 4.78 is 0. The minimum Gasteiger partial charge on any atom is -0.506 e. The third-order valence-electron chi connectivity index (χ3n) is 7.01. The van der Waals surface area contributed by atoms with E-state index in [2.05, 4.69) is 15.6 Å². The Hall–Kier alpha value is -5.70. The maximum Gasteiger partial charge on any atom is 0.164 e. The summed E-state index contributed by atoms with van der Waals surface area (Å²) in [5, 5.41) is 29.7. The first-order valence-corrected chi connectivity index (χ1v) is 12.4. The maximum absolute atomic E-state index is 10.7. The molecule has 0 fully saturated rings. The summed E-state index contributed by atoms with van der Waals surface area (Å²) in [6.45, 7) is 0. The molecule has 0 atom stereocenters. The second-order valence-corrected chi connectivity index (χ2v) is 9.39. The third-order valence-corrected chi connectivity index (χ3v) is 7.01. The van der Waals surface area contributed by atoms with Gasteiger partial charge < -0.3 is 25.8 Å². The van der Waals surface area contributed by atoms with Crippen LogP contribution in [0.2, 0.25) is 0 Å². The summed E-state index contributed by atoms with van der Waals surface area (Å²) in [5.41, 5.74) is 4.13. The van der Waals surface area contributed by atoms with Gasteiger partial charge in [0.25, 0.3) is 0 Å². The molecule has 9 heteroatoms. The summed E-state index contributed by atoms with van der Waals surface area (Å²) in [4.78, 5) is 22.9. The quantitative estimate of drug-likeness (QED) is 0.134. The molecule has 8 rings (SSSR count). The number of H-pyrrole nitrogens is 1. The van der Waals surface area contributed by atoms with Crippen LogP contribution in [0.1, 0.15) is 22.3 Å².